The zero-order valence-corrected chi connectivity index (χ0v) is 83.0. The lowest BCUT2D eigenvalue weighted by Gasteiger charge is -2.35. The molecule has 12 rings (SSSR count). The number of aliphatic hydroxyl groups excluding tert-OH is 1. The minimum Gasteiger partial charge on any atom is -0.508 e. The molecule has 41 heteroatoms. The number of fused-ring (bicyclic) bond motifs is 5. The number of rotatable bonds is 37. The highest BCUT2D eigenvalue weighted by atomic mass is 32.3. The van der Waals surface area contributed by atoms with E-state index in [2.05, 4.69) is 133 Å². The third kappa shape index (κ3) is 29.7. The number of phenols is 1. The van der Waals surface area contributed by atoms with Gasteiger partial charge in [-0.05, 0) is 225 Å². The summed E-state index contributed by atoms with van der Waals surface area (Å²) in [6.07, 6.45) is 9.98. The molecule has 2 aliphatic heterocycles. The molecule has 4 fully saturated rings. The number of sulfonamides is 2. The molecule has 5 aliphatic rings. The van der Waals surface area contributed by atoms with E-state index in [9.17, 15) is 108 Å². The fourth-order valence-corrected chi connectivity index (χ4v) is 21.2. The lowest BCUT2D eigenvalue weighted by Crippen LogP contribution is -2.61. The Labute approximate surface area is 800 Å². The van der Waals surface area contributed by atoms with Crippen LogP contribution in [0.5, 0.6) is 11.5 Å². The van der Waals surface area contributed by atoms with Crippen molar-refractivity contribution in [3.05, 3.63) is 154 Å². The third-order valence-corrected chi connectivity index (χ3v) is 32.6. The number of aliphatic hydroxyl groups is 1. The van der Waals surface area contributed by atoms with E-state index in [0.29, 0.717) is 53.1 Å². The number of aliphatic imine (C=N–C) groups is 1. The first-order valence-corrected chi connectivity index (χ1v) is 51.5. The summed E-state index contributed by atoms with van der Waals surface area (Å²) in [4.78, 5) is 100. The van der Waals surface area contributed by atoms with Crippen LogP contribution >= 0.6 is 22.2 Å². The molecular weight excluding hydrogens is 1910 g/mol. The van der Waals surface area contributed by atoms with Crippen molar-refractivity contribution in [1.29, 1.82) is 0 Å². The third-order valence-electron chi connectivity index (χ3n) is 24.7. The van der Waals surface area contributed by atoms with Crippen molar-refractivity contribution < 1.29 is 151 Å². The van der Waals surface area contributed by atoms with Crippen LogP contribution in [0.15, 0.2) is 138 Å². The van der Waals surface area contributed by atoms with Gasteiger partial charge < -0.3 is 57.0 Å². The number of amides is 1. The molecule has 7 atom stereocenters. The van der Waals surface area contributed by atoms with Gasteiger partial charge >= 0.3 is 73.8 Å². The number of esters is 7. The zero-order chi connectivity index (χ0) is 102. The highest BCUT2D eigenvalue weighted by molar-refractivity contribution is 8.14. The zero-order valence-electron chi connectivity index (χ0n) is 78.9. The smallest absolute Gasteiger partial charge is 0.480 e. The summed E-state index contributed by atoms with van der Waals surface area (Å²) in [5.74, 6) is -9.52. The van der Waals surface area contributed by atoms with Gasteiger partial charge in [-0.25, -0.2) is 26.4 Å². The molecular formula is C96H122F9N3O24S5. The number of carbonyl (C=O) groups is 8. The number of carbonyl (C=O) groups excluding carboxylic acids is 8. The quantitative estimate of drug-likeness (QED) is 0.00813. The summed E-state index contributed by atoms with van der Waals surface area (Å²) >= 11 is 1.93. The second-order valence-electron chi connectivity index (χ2n) is 35.6. The molecule has 0 spiro atoms. The van der Waals surface area contributed by atoms with Gasteiger partial charge in [0, 0.05) is 70.9 Å². The van der Waals surface area contributed by atoms with Crippen LogP contribution in [0.4, 0.5) is 39.5 Å². The maximum Gasteiger partial charge on any atom is 0.480 e. The van der Waals surface area contributed by atoms with Crippen LogP contribution in [-0.2, 0) is 115 Å². The van der Waals surface area contributed by atoms with Crippen molar-refractivity contribution >= 4 is 136 Å². The highest BCUT2D eigenvalue weighted by Crippen LogP contribution is 2.57. The van der Waals surface area contributed by atoms with Gasteiger partial charge in [0.2, 0.25) is 5.91 Å². The molecule has 1 saturated heterocycles. The van der Waals surface area contributed by atoms with Crippen LogP contribution in [0.3, 0.4) is 0 Å². The van der Waals surface area contributed by atoms with Crippen LogP contribution in [-0.4, -0.2) is 180 Å². The van der Waals surface area contributed by atoms with E-state index in [0.717, 1.165) is 81.9 Å². The molecule has 1 aromatic heterocycles. The number of thioether (sulfide) groups is 1. The van der Waals surface area contributed by atoms with Gasteiger partial charge in [0.1, 0.15) is 42.5 Å². The summed E-state index contributed by atoms with van der Waals surface area (Å²) in [6, 6.07) is 41.0. The molecule has 2 bridgehead atoms. The number of ether oxygens (including phenoxy) is 7. The van der Waals surface area contributed by atoms with E-state index in [-0.39, 0.29) is 122 Å². The minimum absolute atomic E-state index is 0.00636. The number of nitrogens with zero attached hydrogens (tertiary/aromatic N) is 2. The van der Waals surface area contributed by atoms with Crippen LogP contribution in [0.25, 0.3) is 40.0 Å². The first-order valence-electron chi connectivity index (χ1n) is 45.0. The lowest BCUT2D eigenvalue weighted by molar-refractivity contribution is -0.245. The Hall–Kier alpha value is -9.68. The van der Waals surface area contributed by atoms with Crippen LogP contribution in [0.1, 0.15) is 209 Å². The van der Waals surface area contributed by atoms with E-state index >= 15 is 0 Å². The Kier molecular flexibility index (Phi) is 40.8. The summed E-state index contributed by atoms with van der Waals surface area (Å²) in [5, 5.41) is 12.4. The summed E-state index contributed by atoms with van der Waals surface area (Å²) in [6.45, 7) is 27.0. The number of phenolic OH excluding ortho intramolecular Hbond substituents is 1. The molecule has 3 N–H and O–H groups in total. The number of thiophene rings is 1. The number of benzene rings is 6. The predicted octanol–water partition coefficient (Wildman–Crippen LogP) is 19.9. The second-order valence-corrected chi connectivity index (χ2v) is 43.7. The summed E-state index contributed by atoms with van der Waals surface area (Å²) in [7, 11) is -22.9. The number of alkyl halides is 9. The largest absolute Gasteiger partial charge is 0.508 e. The van der Waals surface area contributed by atoms with Crippen molar-refractivity contribution in [3.8, 4) is 16.4 Å². The van der Waals surface area contributed by atoms with Crippen molar-refractivity contribution in [2.45, 2.75) is 245 Å². The number of aromatic hydroxyl groups is 1. The van der Waals surface area contributed by atoms with Gasteiger partial charge in [0.15, 0.2) is 47.6 Å². The van der Waals surface area contributed by atoms with Crippen LogP contribution in [0, 0.1) is 39.9 Å². The van der Waals surface area contributed by atoms with E-state index in [1.807, 2.05) is 52.4 Å². The fourth-order valence-electron chi connectivity index (χ4n) is 14.6. The number of hydrogen-bond donors (Lipinski definition) is 3. The lowest BCUT2D eigenvalue weighted by atomic mass is 9.88. The molecule has 3 aliphatic carbocycles. The first-order chi connectivity index (χ1) is 64.0. The normalized spacial score (nSPS) is 17.9. The molecule has 758 valence electrons. The monoisotopic (exact) mass is 2030 g/mol. The van der Waals surface area contributed by atoms with Crippen molar-refractivity contribution in [2.24, 2.45) is 44.9 Å². The maximum atomic E-state index is 14.2. The van der Waals surface area contributed by atoms with Gasteiger partial charge in [0.05, 0.1) is 33.6 Å². The average molecular weight is 2030 g/mol. The van der Waals surface area contributed by atoms with Gasteiger partial charge in [-0.15, -0.1) is 11.8 Å². The van der Waals surface area contributed by atoms with Crippen molar-refractivity contribution in [1.82, 2.24) is 5.32 Å². The number of nitrogens with one attached hydrogen (secondary N) is 1. The van der Waals surface area contributed by atoms with Gasteiger partial charge in [-0.1, -0.05) is 128 Å². The van der Waals surface area contributed by atoms with Gasteiger partial charge in [-0.3, -0.25) is 33.8 Å². The Morgan fingerprint density at radius 1 is 0.606 bits per heavy atom. The predicted molar refractivity (Wildman–Crippen MR) is 502 cm³/mol. The molecule has 3 saturated carbocycles. The maximum absolute atomic E-state index is 14.2. The Balaban J connectivity index is 0.000000244. The Morgan fingerprint density at radius 3 is 1.65 bits per heavy atom. The van der Waals surface area contributed by atoms with Crippen LogP contribution < -0.4 is 9.50 Å². The van der Waals surface area contributed by atoms with Crippen molar-refractivity contribution in [2.75, 3.05) is 51.9 Å². The molecule has 6 aromatic carbocycles. The van der Waals surface area contributed by atoms with Crippen LogP contribution in [0.2, 0.25) is 0 Å². The molecule has 0 radical (unpaired) electrons. The molecule has 7 aromatic rings. The fraction of sp³-hybridized carbons (Fsp3) is 0.552. The summed E-state index contributed by atoms with van der Waals surface area (Å²) in [5.41, 5.74) is -6.20. The van der Waals surface area contributed by atoms with E-state index in [1.165, 1.54) is 58.8 Å². The average Bonchev–Trinajstić information content (AvgIpc) is 1.65. The number of hydrogen-bond acceptors (Lipinski definition) is 26. The van der Waals surface area contributed by atoms with Crippen molar-refractivity contribution in [3.63, 3.8) is 0 Å². The van der Waals surface area contributed by atoms with E-state index in [4.69, 9.17) is 38.3 Å². The van der Waals surface area contributed by atoms with E-state index in [1.54, 1.807) is 46.8 Å². The first kappa shape index (κ1) is 114. The molecule has 1 amide bonds. The molecule has 7 unspecified atom stereocenters. The molecule has 137 heavy (non-hydrogen) atoms. The Morgan fingerprint density at radius 2 is 1.12 bits per heavy atom. The second kappa shape index (κ2) is 48.9. The van der Waals surface area contributed by atoms with Gasteiger partial charge in [-0.2, -0.15) is 47.9 Å². The standard InChI is InChI=1S/C24H28F9N2O12S3.C20H17OS.C16H22O6.C15H26O4.C14H16O.C7H13NS/c1-4-20(2,3)19(38)46-14-13-45-18(37)10-9-17(36)34-12-11-15-5-7-16(8-6-15)47-50(43,44)23(29,30)21(25,26)22(27,28)48(39,40)35-49(41,42)24(31,32)33;21-14-13-15-9-11-16(12-10-15)22-19-7-3-1-5-17(19)18-6-2-4-8-20(18)22;1-4-16(2,3)15(19)20-7-11(17)21-12-8-5-9-10(6-8)14(18)22-13(9)12;1-5-14(3,4)13(17)18-11-12(16)19-15(6-2)9-7-8-10-15;1-3-10(2)11-4-5-13-9-14(15)7-6-12(13)8-11;1-3-6(2)7-8-4-5-9-7/h5-8H,4,9-14H2,1-3H3,(H,34,36);1-12,21H,13-14H2;8-10,12-13H,4-7H2,1-3H3;5-11H2,1-4H3;4-10,15H,3H2,1-2H3;6H,3-5H2,1-2H3/q-1;+1;;;;. The SMILES string of the molecule is CCC(C)(C)C(=O)OCC(=O)OC1C2CC3C(=O)OC1C3C2.CCC(C)(C)C(=O)OCCOC(=O)CCC(=O)NCCc1ccc(OS(=O)(=O)C(F)(F)C(F)(F)C(F)(F)S(=O)(=O)[N-]S(=O)(=O)C(F)(F)F)cc1.CCC(C)C1=NCCS1.CCC(C)c1ccc2cc(O)ccc2c1.CCC1(OC(=O)COC(=O)C(C)(C)CC)CCCC1.OCCc1ccc(-[s+]2c3ccccc3c3ccccc32)cc1. The molecule has 27 nitrogen and oxygen atoms in total. The highest BCUT2D eigenvalue weighted by Gasteiger charge is 2.82. The van der Waals surface area contributed by atoms with E-state index < -0.39 is 110 Å². The minimum atomic E-state index is -8.05. The van der Waals surface area contributed by atoms with Gasteiger partial charge in [0.25, 0.3) is 0 Å². The number of halogens is 9. The topological polar surface area (TPSA) is 392 Å². The Bertz CT molecular complexity index is 5660. The summed E-state index contributed by atoms with van der Waals surface area (Å²) < 4.78 is 233. The molecule has 3 heterocycles.